The van der Waals surface area contributed by atoms with Crippen LogP contribution < -0.4 is 16.0 Å². The van der Waals surface area contributed by atoms with Crippen LogP contribution in [0.5, 0.6) is 5.75 Å². The molecule has 2 rings (SSSR count). The zero-order valence-electron chi connectivity index (χ0n) is 8.61. The van der Waals surface area contributed by atoms with Crippen LogP contribution in [0.4, 0.5) is 5.13 Å². The van der Waals surface area contributed by atoms with E-state index in [0.717, 1.165) is 4.88 Å². The van der Waals surface area contributed by atoms with E-state index in [1.165, 1.54) is 11.3 Å². The zero-order valence-corrected chi connectivity index (χ0v) is 10.9. The van der Waals surface area contributed by atoms with Crippen molar-refractivity contribution in [2.75, 3.05) is 5.43 Å². The van der Waals surface area contributed by atoms with Gasteiger partial charge in [-0.3, -0.25) is 5.43 Å². The summed E-state index contributed by atoms with van der Waals surface area (Å²) in [5.74, 6) is 5.89. The van der Waals surface area contributed by atoms with E-state index in [4.69, 9.17) is 33.8 Å². The molecule has 1 heterocycles. The molecule has 3 N–H and O–H groups in total. The van der Waals surface area contributed by atoms with Gasteiger partial charge in [0.1, 0.15) is 12.4 Å². The third-order valence-corrected chi connectivity index (χ3v) is 3.59. The number of nitrogens with one attached hydrogen (secondary N) is 1. The van der Waals surface area contributed by atoms with Gasteiger partial charge in [-0.05, 0) is 12.1 Å². The van der Waals surface area contributed by atoms with E-state index in [-0.39, 0.29) is 0 Å². The summed E-state index contributed by atoms with van der Waals surface area (Å²) in [5.41, 5.74) is 2.48. The van der Waals surface area contributed by atoms with E-state index in [1.807, 2.05) is 0 Å². The molecule has 0 aliphatic rings. The van der Waals surface area contributed by atoms with Gasteiger partial charge in [0.05, 0.1) is 14.9 Å². The minimum Gasteiger partial charge on any atom is -0.488 e. The van der Waals surface area contributed by atoms with Gasteiger partial charge in [-0.1, -0.05) is 34.5 Å². The lowest BCUT2D eigenvalue weighted by Crippen LogP contribution is -2.05. The van der Waals surface area contributed by atoms with Crippen molar-refractivity contribution >= 4 is 39.7 Å². The second-order valence-corrected chi connectivity index (χ2v) is 5.07. The molecule has 4 nitrogen and oxygen atoms in total. The van der Waals surface area contributed by atoms with Gasteiger partial charge in [0.15, 0.2) is 5.13 Å². The number of ether oxygens (including phenoxy) is 1. The number of hydrogen-bond acceptors (Lipinski definition) is 5. The van der Waals surface area contributed by atoms with Crippen molar-refractivity contribution in [1.29, 1.82) is 0 Å². The van der Waals surface area contributed by atoms with E-state index in [1.54, 1.807) is 24.4 Å². The van der Waals surface area contributed by atoms with Crippen molar-refractivity contribution in [3.05, 3.63) is 39.3 Å². The highest BCUT2D eigenvalue weighted by atomic mass is 35.5. The van der Waals surface area contributed by atoms with Crippen LogP contribution in [0.1, 0.15) is 4.88 Å². The molecule has 0 amide bonds. The standard InChI is InChI=1S/C10H9Cl2N3OS/c11-8-2-1-6(3-9(8)12)16-5-7-4-14-10(15-13)17-7/h1-4H,5,13H2,(H,14,15). The van der Waals surface area contributed by atoms with Crippen LogP contribution in [-0.2, 0) is 6.61 Å². The van der Waals surface area contributed by atoms with Gasteiger partial charge in [-0.15, -0.1) is 0 Å². The van der Waals surface area contributed by atoms with Crippen LogP contribution in [0, 0.1) is 0 Å². The molecule has 0 spiro atoms. The first kappa shape index (κ1) is 12.4. The highest BCUT2D eigenvalue weighted by molar-refractivity contribution is 7.15. The lowest BCUT2D eigenvalue weighted by atomic mass is 10.3. The average molecular weight is 290 g/mol. The molecule has 0 atom stereocenters. The largest absolute Gasteiger partial charge is 0.488 e. The second kappa shape index (κ2) is 5.55. The quantitative estimate of drug-likeness (QED) is 0.670. The van der Waals surface area contributed by atoms with E-state index in [2.05, 4.69) is 10.4 Å². The molecule has 0 radical (unpaired) electrons. The number of aromatic nitrogens is 1. The minimum absolute atomic E-state index is 0.414. The highest BCUT2D eigenvalue weighted by Crippen LogP contribution is 2.27. The SMILES string of the molecule is NNc1ncc(COc2ccc(Cl)c(Cl)c2)s1. The van der Waals surface area contributed by atoms with Crippen molar-refractivity contribution < 1.29 is 4.74 Å². The highest BCUT2D eigenvalue weighted by Gasteiger charge is 2.03. The Morgan fingerprint density at radius 3 is 2.82 bits per heavy atom. The molecule has 0 bridgehead atoms. The Morgan fingerprint density at radius 2 is 2.18 bits per heavy atom. The Kier molecular flexibility index (Phi) is 4.06. The molecule has 0 saturated carbocycles. The van der Waals surface area contributed by atoms with Gasteiger partial charge < -0.3 is 4.74 Å². The molecule has 90 valence electrons. The fourth-order valence-corrected chi connectivity index (χ4v) is 2.09. The van der Waals surface area contributed by atoms with E-state index in [9.17, 15) is 0 Å². The summed E-state index contributed by atoms with van der Waals surface area (Å²) in [6.07, 6.45) is 1.71. The molecule has 7 heteroatoms. The summed E-state index contributed by atoms with van der Waals surface area (Å²) in [6, 6.07) is 5.13. The number of rotatable bonds is 4. The van der Waals surface area contributed by atoms with Crippen LogP contribution in [0.25, 0.3) is 0 Å². The summed E-state index contributed by atoms with van der Waals surface area (Å²) in [4.78, 5) is 5.00. The summed E-state index contributed by atoms with van der Waals surface area (Å²) in [5, 5.41) is 1.63. The number of thiazole rings is 1. The van der Waals surface area contributed by atoms with Crippen LogP contribution >= 0.6 is 34.5 Å². The number of hydrazine groups is 1. The van der Waals surface area contributed by atoms with Gasteiger partial charge in [-0.25, -0.2) is 10.8 Å². The molecule has 0 aliphatic carbocycles. The predicted octanol–water partition coefficient (Wildman–Crippen LogP) is 3.31. The Balaban J connectivity index is 1.99. The third-order valence-electron chi connectivity index (χ3n) is 1.95. The average Bonchev–Trinajstić information content (AvgIpc) is 2.79. The minimum atomic E-state index is 0.414. The van der Waals surface area contributed by atoms with Crippen molar-refractivity contribution in [3.63, 3.8) is 0 Å². The first-order valence-corrected chi connectivity index (χ1v) is 6.25. The number of nitrogens with two attached hydrogens (primary N) is 1. The Labute approximate surface area is 112 Å². The molecule has 2 aromatic rings. The monoisotopic (exact) mass is 289 g/mol. The molecule has 17 heavy (non-hydrogen) atoms. The number of benzene rings is 1. The van der Waals surface area contributed by atoms with Crippen molar-refractivity contribution in [2.24, 2.45) is 5.84 Å². The summed E-state index contributed by atoms with van der Waals surface area (Å²) < 4.78 is 5.54. The maximum atomic E-state index is 5.87. The Morgan fingerprint density at radius 1 is 1.35 bits per heavy atom. The molecule has 0 fully saturated rings. The van der Waals surface area contributed by atoms with Gasteiger partial charge >= 0.3 is 0 Å². The van der Waals surface area contributed by atoms with Crippen molar-refractivity contribution in [2.45, 2.75) is 6.61 Å². The molecule has 1 aromatic carbocycles. The lowest BCUT2D eigenvalue weighted by Gasteiger charge is -2.05. The second-order valence-electron chi connectivity index (χ2n) is 3.14. The zero-order chi connectivity index (χ0) is 12.3. The van der Waals surface area contributed by atoms with Crippen LogP contribution in [0.2, 0.25) is 10.0 Å². The molecule has 1 aromatic heterocycles. The van der Waals surface area contributed by atoms with Gasteiger partial charge in [0, 0.05) is 12.3 Å². The first-order chi connectivity index (χ1) is 8.19. The van der Waals surface area contributed by atoms with Gasteiger partial charge in [0.2, 0.25) is 0 Å². The van der Waals surface area contributed by atoms with E-state index >= 15 is 0 Å². The van der Waals surface area contributed by atoms with Gasteiger partial charge in [-0.2, -0.15) is 0 Å². The number of nitrogens with zero attached hydrogens (tertiary/aromatic N) is 1. The molecule has 0 saturated heterocycles. The number of nitrogen functional groups attached to an aromatic ring is 1. The molecule has 0 aliphatic heterocycles. The maximum absolute atomic E-state index is 5.87. The van der Waals surface area contributed by atoms with Crippen LogP contribution in [0.3, 0.4) is 0 Å². The molecular formula is C10H9Cl2N3OS. The topological polar surface area (TPSA) is 60.2 Å². The molecule has 0 unspecified atom stereocenters. The lowest BCUT2D eigenvalue weighted by molar-refractivity contribution is 0.309. The summed E-state index contributed by atoms with van der Waals surface area (Å²) in [7, 11) is 0. The predicted molar refractivity (Wildman–Crippen MR) is 70.7 cm³/mol. The van der Waals surface area contributed by atoms with E-state index < -0.39 is 0 Å². The maximum Gasteiger partial charge on any atom is 0.197 e. The Hall–Kier alpha value is -1.01. The van der Waals surface area contributed by atoms with Crippen molar-refractivity contribution in [1.82, 2.24) is 4.98 Å². The normalized spacial score (nSPS) is 10.3. The third kappa shape index (κ3) is 3.23. The number of anilines is 1. The fraction of sp³-hybridized carbons (Fsp3) is 0.100. The van der Waals surface area contributed by atoms with Gasteiger partial charge in [0.25, 0.3) is 0 Å². The number of halogens is 2. The van der Waals surface area contributed by atoms with E-state index in [0.29, 0.717) is 27.5 Å². The fourth-order valence-electron chi connectivity index (χ4n) is 1.16. The van der Waals surface area contributed by atoms with Crippen molar-refractivity contribution in [3.8, 4) is 5.75 Å². The summed E-state index contributed by atoms with van der Waals surface area (Å²) in [6.45, 7) is 0.414. The van der Waals surface area contributed by atoms with Crippen LogP contribution in [0.15, 0.2) is 24.4 Å². The summed E-state index contributed by atoms with van der Waals surface area (Å²) >= 11 is 13.1. The first-order valence-electron chi connectivity index (χ1n) is 4.68. The smallest absolute Gasteiger partial charge is 0.197 e. The van der Waals surface area contributed by atoms with Crippen LogP contribution in [-0.4, -0.2) is 4.98 Å². The number of hydrogen-bond donors (Lipinski definition) is 2. The Bertz CT molecular complexity index is 518. The molecular weight excluding hydrogens is 281 g/mol.